The van der Waals surface area contributed by atoms with Gasteiger partial charge < -0.3 is 14.8 Å². The number of pyridine rings is 1. The summed E-state index contributed by atoms with van der Waals surface area (Å²) in [5.41, 5.74) is 1.47. The third-order valence-corrected chi connectivity index (χ3v) is 4.64. The fraction of sp³-hybridized carbons (Fsp3) is 0.294. The lowest BCUT2D eigenvalue weighted by atomic mass is 10.2. The van der Waals surface area contributed by atoms with E-state index in [0.29, 0.717) is 36.2 Å². The maximum Gasteiger partial charge on any atom is 0.260 e. The van der Waals surface area contributed by atoms with Crippen LogP contribution in [0.15, 0.2) is 35.1 Å². The molecule has 24 heavy (non-hydrogen) atoms. The number of anilines is 1. The number of hydrogen-bond acceptors (Lipinski definition) is 3. The van der Waals surface area contributed by atoms with Gasteiger partial charge in [-0.25, -0.2) is 0 Å². The van der Waals surface area contributed by atoms with Gasteiger partial charge in [0.2, 0.25) is 0 Å². The van der Waals surface area contributed by atoms with Gasteiger partial charge in [0.05, 0.1) is 10.7 Å². The average molecular weight is 366 g/mol. The minimum absolute atomic E-state index is 0.179. The molecule has 1 aliphatic heterocycles. The van der Waals surface area contributed by atoms with Crippen molar-refractivity contribution >= 4 is 34.8 Å². The van der Waals surface area contributed by atoms with Gasteiger partial charge in [-0.3, -0.25) is 9.59 Å². The Kier molecular flexibility index (Phi) is 4.83. The molecular weight excluding hydrogens is 349 g/mol. The molecule has 126 valence electrons. The number of aromatic amines is 1. The Morgan fingerprint density at radius 3 is 2.42 bits per heavy atom. The van der Waals surface area contributed by atoms with Gasteiger partial charge >= 0.3 is 0 Å². The molecule has 0 spiro atoms. The van der Waals surface area contributed by atoms with Crippen LogP contribution in [0.5, 0.6) is 0 Å². The summed E-state index contributed by atoms with van der Waals surface area (Å²) in [4.78, 5) is 30.9. The predicted molar refractivity (Wildman–Crippen MR) is 96.4 cm³/mol. The number of aryl methyl sites for hydroxylation is 1. The van der Waals surface area contributed by atoms with Gasteiger partial charge in [0, 0.05) is 36.9 Å². The molecule has 1 N–H and O–H groups in total. The number of H-pyrrole nitrogens is 1. The van der Waals surface area contributed by atoms with E-state index in [1.807, 2.05) is 6.07 Å². The molecule has 2 heterocycles. The third kappa shape index (κ3) is 3.42. The van der Waals surface area contributed by atoms with Crippen LogP contribution < -0.4 is 10.5 Å². The Morgan fingerprint density at radius 2 is 1.79 bits per heavy atom. The molecule has 1 aromatic carbocycles. The van der Waals surface area contributed by atoms with Crippen molar-refractivity contribution < 1.29 is 4.79 Å². The van der Waals surface area contributed by atoms with Crippen molar-refractivity contribution in [3.05, 3.63) is 62.0 Å². The number of halogens is 2. The molecule has 0 saturated carbocycles. The molecule has 1 aromatic heterocycles. The van der Waals surface area contributed by atoms with Gasteiger partial charge in [-0.1, -0.05) is 23.2 Å². The number of rotatable bonds is 2. The number of nitrogens with one attached hydrogen (secondary N) is 1. The SMILES string of the molecule is Cc1ccc(C(=O)N2CCN(c3ccc(Cl)cc3Cl)CC2)c(=O)[nH]1. The molecule has 0 atom stereocenters. The average Bonchev–Trinajstić information content (AvgIpc) is 2.54. The molecule has 3 rings (SSSR count). The van der Waals surface area contributed by atoms with E-state index < -0.39 is 0 Å². The topological polar surface area (TPSA) is 56.4 Å². The lowest BCUT2D eigenvalue weighted by Gasteiger charge is -2.36. The minimum atomic E-state index is -0.344. The zero-order valence-electron chi connectivity index (χ0n) is 13.2. The number of nitrogens with zero attached hydrogens (tertiary/aromatic N) is 2. The standard InChI is InChI=1S/C17H17Cl2N3O2/c1-11-2-4-13(16(23)20-11)17(24)22-8-6-21(7-9-22)15-5-3-12(18)10-14(15)19/h2-5,10H,6-9H2,1H3,(H,20,23). The van der Waals surface area contributed by atoms with Crippen LogP contribution in [0.4, 0.5) is 5.69 Å². The molecule has 1 amide bonds. The van der Waals surface area contributed by atoms with Crippen LogP contribution in [0.3, 0.4) is 0 Å². The van der Waals surface area contributed by atoms with E-state index in [1.165, 1.54) is 0 Å². The van der Waals surface area contributed by atoms with Gasteiger partial charge in [0.1, 0.15) is 5.56 Å². The first kappa shape index (κ1) is 16.9. The lowest BCUT2D eigenvalue weighted by molar-refractivity contribution is 0.0745. The van der Waals surface area contributed by atoms with Crippen molar-refractivity contribution in [1.29, 1.82) is 0 Å². The number of carbonyl (C=O) groups is 1. The van der Waals surface area contributed by atoms with E-state index >= 15 is 0 Å². The Morgan fingerprint density at radius 1 is 1.08 bits per heavy atom. The molecule has 0 radical (unpaired) electrons. The largest absolute Gasteiger partial charge is 0.367 e. The van der Waals surface area contributed by atoms with Crippen LogP contribution >= 0.6 is 23.2 Å². The first-order valence-corrected chi connectivity index (χ1v) is 8.40. The molecule has 1 aliphatic rings. The van der Waals surface area contributed by atoms with E-state index in [0.717, 1.165) is 11.4 Å². The Hall–Kier alpha value is -1.98. The summed E-state index contributed by atoms with van der Waals surface area (Å²) in [7, 11) is 0. The molecule has 0 aliphatic carbocycles. The fourth-order valence-electron chi connectivity index (χ4n) is 2.80. The highest BCUT2D eigenvalue weighted by Crippen LogP contribution is 2.29. The minimum Gasteiger partial charge on any atom is -0.367 e. The van der Waals surface area contributed by atoms with Crippen molar-refractivity contribution in [1.82, 2.24) is 9.88 Å². The zero-order valence-corrected chi connectivity index (χ0v) is 14.7. The van der Waals surface area contributed by atoms with Gasteiger partial charge in [-0.2, -0.15) is 0 Å². The second-order valence-electron chi connectivity index (χ2n) is 5.76. The summed E-state index contributed by atoms with van der Waals surface area (Å²) >= 11 is 12.2. The highest BCUT2D eigenvalue weighted by molar-refractivity contribution is 6.36. The van der Waals surface area contributed by atoms with Crippen molar-refractivity contribution in [3.8, 4) is 0 Å². The first-order chi connectivity index (χ1) is 11.5. The van der Waals surface area contributed by atoms with Crippen LogP contribution in [0.1, 0.15) is 16.1 Å². The summed E-state index contributed by atoms with van der Waals surface area (Å²) in [6.07, 6.45) is 0. The number of hydrogen-bond donors (Lipinski definition) is 1. The van der Waals surface area contributed by atoms with Gasteiger partial charge in [0.25, 0.3) is 11.5 Å². The molecule has 0 bridgehead atoms. The second-order valence-corrected chi connectivity index (χ2v) is 6.60. The van der Waals surface area contributed by atoms with E-state index in [1.54, 1.807) is 36.1 Å². The van der Waals surface area contributed by atoms with Crippen LogP contribution in [-0.2, 0) is 0 Å². The van der Waals surface area contributed by atoms with Gasteiger partial charge in [0.15, 0.2) is 0 Å². The van der Waals surface area contributed by atoms with Gasteiger partial charge in [-0.15, -0.1) is 0 Å². The Balaban J connectivity index is 1.70. The van der Waals surface area contributed by atoms with E-state index in [4.69, 9.17) is 23.2 Å². The molecule has 2 aromatic rings. The highest BCUT2D eigenvalue weighted by atomic mass is 35.5. The molecule has 7 heteroatoms. The highest BCUT2D eigenvalue weighted by Gasteiger charge is 2.24. The van der Waals surface area contributed by atoms with Crippen LogP contribution in [0.2, 0.25) is 10.0 Å². The van der Waals surface area contributed by atoms with Gasteiger partial charge in [-0.05, 0) is 37.3 Å². The summed E-state index contributed by atoms with van der Waals surface area (Å²) in [6, 6.07) is 8.71. The van der Waals surface area contributed by atoms with E-state index in [2.05, 4.69) is 9.88 Å². The Bertz CT molecular complexity index is 827. The van der Waals surface area contributed by atoms with Crippen LogP contribution in [0.25, 0.3) is 0 Å². The smallest absolute Gasteiger partial charge is 0.260 e. The predicted octanol–water partition coefficient (Wildman–Crippen LogP) is 2.95. The molecule has 0 unspecified atom stereocenters. The fourth-order valence-corrected chi connectivity index (χ4v) is 3.33. The van der Waals surface area contributed by atoms with Crippen LogP contribution in [0, 0.1) is 6.92 Å². The number of piperazine rings is 1. The third-order valence-electron chi connectivity index (χ3n) is 4.10. The van der Waals surface area contributed by atoms with E-state index in [-0.39, 0.29) is 17.0 Å². The van der Waals surface area contributed by atoms with Crippen molar-refractivity contribution in [3.63, 3.8) is 0 Å². The Labute approximate surface area is 149 Å². The molecule has 5 nitrogen and oxygen atoms in total. The maximum absolute atomic E-state index is 12.5. The first-order valence-electron chi connectivity index (χ1n) is 7.65. The monoisotopic (exact) mass is 365 g/mol. The zero-order chi connectivity index (χ0) is 17.3. The van der Waals surface area contributed by atoms with Crippen molar-refractivity contribution in [2.24, 2.45) is 0 Å². The van der Waals surface area contributed by atoms with Crippen molar-refractivity contribution in [2.75, 3.05) is 31.1 Å². The second kappa shape index (κ2) is 6.87. The number of aromatic nitrogens is 1. The molecule has 1 fully saturated rings. The number of amides is 1. The normalized spacial score (nSPS) is 14.8. The number of benzene rings is 1. The summed E-state index contributed by atoms with van der Waals surface area (Å²) < 4.78 is 0. The quantitative estimate of drug-likeness (QED) is 0.889. The summed E-state index contributed by atoms with van der Waals surface area (Å²) in [5.74, 6) is -0.238. The maximum atomic E-state index is 12.5. The van der Waals surface area contributed by atoms with Crippen LogP contribution in [-0.4, -0.2) is 42.0 Å². The number of carbonyl (C=O) groups excluding carboxylic acids is 1. The summed E-state index contributed by atoms with van der Waals surface area (Å²) in [6.45, 7) is 4.15. The lowest BCUT2D eigenvalue weighted by Crippen LogP contribution is -2.49. The summed E-state index contributed by atoms with van der Waals surface area (Å²) in [5, 5.41) is 1.19. The van der Waals surface area contributed by atoms with E-state index in [9.17, 15) is 9.59 Å². The van der Waals surface area contributed by atoms with Crippen molar-refractivity contribution in [2.45, 2.75) is 6.92 Å². The molecular formula is C17H17Cl2N3O2. The molecule has 1 saturated heterocycles.